The summed E-state index contributed by atoms with van der Waals surface area (Å²) in [5.41, 5.74) is 0. The van der Waals surface area contributed by atoms with Gasteiger partial charge < -0.3 is 14.2 Å². The quantitative estimate of drug-likeness (QED) is 0.538. The van der Waals surface area contributed by atoms with Crippen LogP contribution in [0, 0.1) is 5.92 Å². The van der Waals surface area contributed by atoms with Gasteiger partial charge in [0.1, 0.15) is 0 Å². The van der Waals surface area contributed by atoms with Gasteiger partial charge in [-0.15, -0.1) is 0 Å². The lowest BCUT2D eigenvalue weighted by molar-refractivity contribution is -0.0251. The van der Waals surface area contributed by atoms with Crippen LogP contribution in [-0.2, 0) is 14.2 Å². The highest BCUT2D eigenvalue weighted by atomic mass is 16.5. The maximum Gasteiger partial charge on any atom is 0.0781 e. The summed E-state index contributed by atoms with van der Waals surface area (Å²) in [6, 6.07) is 0. The van der Waals surface area contributed by atoms with Crippen LogP contribution in [0.25, 0.3) is 0 Å². The van der Waals surface area contributed by atoms with Gasteiger partial charge in [0.25, 0.3) is 0 Å². The molecule has 0 saturated carbocycles. The van der Waals surface area contributed by atoms with Gasteiger partial charge in [-0.05, 0) is 19.3 Å². The fourth-order valence-electron chi connectivity index (χ4n) is 0.949. The number of rotatable bonds is 9. The van der Waals surface area contributed by atoms with Crippen molar-refractivity contribution in [3.05, 3.63) is 0 Å². The number of hydrogen-bond acceptors (Lipinski definition) is 3. The van der Waals surface area contributed by atoms with Crippen molar-refractivity contribution in [1.29, 1.82) is 0 Å². The lowest BCUT2D eigenvalue weighted by atomic mass is 10.1. The number of methoxy groups -OCH3 is 1. The summed E-state index contributed by atoms with van der Waals surface area (Å²) in [4.78, 5) is 0. The Morgan fingerprint density at radius 1 is 1.00 bits per heavy atom. The molecule has 1 unspecified atom stereocenters. The van der Waals surface area contributed by atoms with Crippen LogP contribution in [0.3, 0.4) is 0 Å². The van der Waals surface area contributed by atoms with E-state index >= 15 is 0 Å². The molecular weight excluding hydrogens is 180 g/mol. The van der Waals surface area contributed by atoms with Crippen LogP contribution in [0.4, 0.5) is 0 Å². The van der Waals surface area contributed by atoms with Gasteiger partial charge in [-0.3, -0.25) is 0 Å². The minimum absolute atomic E-state index is 0.164. The first-order valence-corrected chi connectivity index (χ1v) is 5.35. The molecule has 0 bridgehead atoms. The standard InChI is InChI=1S/C11H24O3/c1-10(2)5-6-13-9-11(3)14-8-7-12-4/h10-11H,5-9H2,1-4H3. The second-order valence-corrected chi connectivity index (χ2v) is 3.93. The summed E-state index contributed by atoms with van der Waals surface area (Å²) < 4.78 is 15.8. The third kappa shape index (κ3) is 9.96. The molecule has 0 rings (SSSR count). The molecule has 3 nitrogen and oxygen atoms in total. The summed E-state index contributed by atoms with van der Waals surface area (Å²) in [5.74, 6) is 0.708. The molecule has 1 atom stereocenters. The zero-order valence-electron chi connectivity index (χ0n) is 9.91. The van der Waals surface area contributed by atoms with Gasteiger partial charge in [0, 0.05) is 13.7 Å². The van der Waals surface area contributed by atoms with Gasteiger partial charge in [-0.25, -0.2) is 0 Å². The molecule has 0 fully saturated rings. The van der Waals surface area contributed by atoms with E-state index in [9.17, 15) is 0 Å². The van der Waals surface area contributed by atoms with Gasteiger partial charge in [-0.2, -0.15) is 0 Å². The van der Waals surface area contributed by atoms with Gasteiger partial charge in [-0.1, -0.05) is 13.8 Å². The third-order valence-corrected chi connectivity index (χ3v) is 1.88. The van der Waals surface area contributed by atoms with Crippen LogP contribution in [0.2, 0.25) is 0 Å². The average Bonchev–Trinajstić information content (AvgIpc) is 2.13. The van der Waals surface area contributed by atoms with Crippen molar-refractivity contribution in [2.75, 3.05) is 33.5 Å². The van der Waals surface area contributed by atoms with Crippen molar-refractivity contribution in [3.8, 4) is 0 Å². The van der Waals surface area contributed by atoms with Crippen molar-refractivity contribution in [2.45, 2.75) is 33.3 Å². The van der Waals surface area contributed by atoms with Crippen LogP contribution in [-0.4, -0.2) is 39.6 Å². The highest BCUT2D eigenvalue weighted by molar-refractivity contribution is 4.48. The fourth-order valence-corrected chi connectivity index (χ4v) is 0.949. The van der Waals surface area contributed by atoms with Crippen molar-refractivity contribution in [3.63, 3.8) is 0 Å². The minimum atomic E-state index is 0.164. The molecule has 0 amide bonds. The summed E-state index contributed by atoms with van der Waals surface area (Å²) in [7, 11) is 1.67. The molecule has 0 aromatic rings. The topological polar surface area (TPSA) is 27.7 Å². The molecule has 0 aromatic carbocycles. The molecule has 0 radical (unpaired) electrons. The first-order chi connectivity index (χ1) is 6.66. The Balaban J connectivity index is 3.14. The van der Waals surface area contributed by atoms with E-state index in [1.54, 1.807) is 7.11 Å². The fraction of sp³-hybridized carbons (Fsp3) is 1.00. The maximum absolute atomic E-state index is 5.47. The molecule has 0 aliphatic heterocycles. The first-order valence-electron chi connectivity index (χ1n) is 5.35. The van der Waals surface area contributed by atoms with Crippen LogP contribution in [0.15, 0.2) is 0 Å². The second-order valence-electron chi connectivity index (χ2n) is 3.93. The molecule has 0 spiro atoms. The molecule has 0 aliphatic rings. The normalized spacial score (nSPS) is 13.5. The van der Waals surface area contributed by atoms with E-state index in [4.69, 9.17) is 14.2 Å². The lowest BCUT2D eigenvalue weighted by Crippen LogP contribution is -2.19. The predicted octanol–water partition coefficient (Wildman–Crippen LogP) is 2.10. The Kier molecular flexibility index (Phi) is 9.35. The zero-order chi connectivity index (χ0) is 10.8. The summed E-state index contributed by atoms with van der Waals surface area (Å²) in [6.45, 7) is 9.21. The molecule has 0 aliphatic carbocycles. The number of hydrogen-bond donors (Lipinski definition) is 0. The van der Waals surface area contributed by atoms with Crippen molar-refractivity contribution < 1.29 is 14.2 Å². The van der Waals surface area contributed by atoms with E-state index in [1.807, 2.05) is 6.92 Å². The van der Waals surface area contributed by atoms with Crippen LogP contribution >= 0.6 is 0 Å². The maximum atomic E-state index is 5.47. The smallest absolute Gasteiger partial charge is 0.0781 e. The van der Waals surface area contributed by atoms with Gasteiger partial charge in [0.05, 0.1) is 25.9 Å². The van der Waals surface area contributed by atoms with E-state index in [0.29, 0.717) is 25.7 Å². The SMILES string of the molecule is COCCOC(C)COCCC(C)C. The van der Waals surface area contributed by atoms with E-state index in [1.165, 1.54) is 0 Å². The van der Waals surface area contributed by atoms with Crippen LogP contribution in [0.5, 0.6) is 0 Å². The van der Waals surface area contributed by atoms with Crippen molar-refractivity contribution in [1.82, 2.24) is 0 Å². The Bertz CT molecular complexity index is 115. The van der Waals surface area contributed by atoms with E-state index in [0.717, 1.165) is 13.0 Å². The van der Waals surface area contributed by atoms with Crippen LogP contribution in [0.1, 0.15) is 27.2 Å². The zero-order valence-corrected chi connectivity index (χ0v) is 9.91. The molecule has 0 saturated heterocycles. The molecule has 0 aromatic heterocycles. The summed E-state index contributed by atoms with van der Waals surface area (Å²) in [5, 5.41) is 0. The Morgan fingerprint density at radius 3 is 2.29 bits per heavy atom. The van der Waals surface area contributed by atoms with E-state index in [2.05, 4.69) is 13.8 Å². The monoisotopic (exact) mass is 204 g/mol. The molecule has 14 heavy (non-hydrogen) atoms. The Hall–Kier alpha value is -0.120. The van der Waals surface area contributed by atoms with Crippen molar-refractivity contribution >= 4 is 0 Å². The Labute approximate surface area is 87.7 Å². The summed E-state index contributed by atoms with van der Waals surface area (Å²) >= 11 is 0. The third-order valence-electron chi connectivity index (χ3n) is 1.88. The molecule has 3 heteroatoms. The molecule has 0 N–H and O–H groups in total. The van der Waals surface area contributed by atoms with E-state index < -0.39 is 0 Å². The van der Waals surface area contributed by atoms with Crippen molar-refractivity contribution in [2.24, 2.45) is 5.92 Å². The largest absolute Gasteiger partial charge is 0.382 e. The summed E-state index contributed by atoms with van der Waals surface area (Å²) in [6.07, 6.45) is 1.28. The van der Waals surface area contributed by atoms with Gasteiger partial charge in [0.2, 0.25) is 0 Å². The molecule has 0 heterocycles. The van der Waals surface area contributed by atoms with Gasteiger partial charge in [0.15, 0.2) is 0 Å². The highest BCUT2D eigenvalue weighted by Gasteiger charge is 2.02. The average molecular weight is 204 g/mol. The molecular formula is C11H24O3. The highest BCUT2D eigenvalue weighted by Crippen LogP contribution is 2.00. The molecule has 86 valence electrons. The van der Waals surface area contributed by atoms with E-state index in [-0.39, 0.29) is 6.10 Å². The number of ether oxygens (including phenoxy) is 3. The Morgan fingerprint density at radius 2 is 1.71 bits per heavy atom. The van der Waals surface area contributed by atoms with Gasteiger partial charge >= 0.3 is 0 Å². The van der Waals surface area contributed by atoms with Crippen LogP contribution < -0.4 is 0 Å². The minimum Gasteiger partial charge on any atom is -0.382 e. The first kappa shape index (κ1) is 13.9. The lowest BCUT2D eigenvalue weighted by Gasteiger charge is -2.13. The predicted molar refractivity (Wildman–Crippen MR) is 57.6 cm³/mol. The second kappa shape index (κ2) is 9.44.